The zero-order valence-electron chi connectivity index (χ0n) is 12.3. The summed E-state index contributed by atoms with van der Waals surface area (Å²) in [6.07, 6.45) is -0.524. The predicted molar refractivity (Wildman–Crippen MR) is 77.9 cm³/mol. The number of aliphatic hydroxyl groups is 1. The Kier molecular flexibility index (Phi) is 6.67. The molecule has 0 radical (unpaired) electrons. The fraction of sp³-hybridized carbons (Fsp3) is 0.600. The van der Waals surface area contributed by atoms with Crippen LogP contribution in [-0.4, -0.2) is 38.1 Å². The van der Waals surface area contributed by atoms with Crippen molar-refractivity contribution in [3.8, 4) is 5.75 Å². The van der Waals surface area contributed by atoms with Crippen LogP contribution in [-0.2, 0) is 4.74 Å². The summed E-state index contributed by atoms with van der Waals surface area (Å²) in [5.41, 5.74) is 2.04. The number of methoxy groups -OCH3 is 1. The lowest BCUT2D eigenvalue weighted by Gasteiger charge is -2.16. The highest BCUT2D eigenvalue weighted by molar-refractivity contribution is 5.58. The molecule has 0 aliphatic rings. The molecule has 0 aromatic heterocycles. The Morgan fingerprint density at radius 2 is 2.00 bits per heavy atom. The van der Waals surface area contributed by atoms with Gasteiger partial charge in [-0.3, -0.25) is 0 Å². The molecule has 4 heteroatoms. The average Bonchev–Trinajstić information content (AvgIpc) is 2.36. The second-order valence-corrected chi connectivity index (χ2v) is 5.17. The molecule has 0 heterocycles. The van der Waals surface area contributed by atoms with Gasteiger partial charge in [0.15, 0.2) is 0 Å². The van der Waals surface area contributed by atoms with Gasteiger partial charge in [-0.25, -0.2) is 0 Å². The minimum atomic E-state index is -0.524. The van der Waals surface area contributed by atoms with E-state index in [1.54, 1.807) is 7.11 Å². The Labute approximate surface area is 115 Å². The van der Waals surface area contributed by atoms with E-state index in [0.717, 1.165) is 17.0 Å². The summed E-state index contributed by atoms with van der Waals surface area (Å²) in [4.78, 5) is 0. The van der Waals surface area contributed by atoms with Crippen LogP contribution in [0.5, 0.6) is 5.75 Å². The Bertz CT molecular complexity index is 380. The van der Waals surface area contributed by atoms with Crippen molar-refractivity contribution >= 4 is 5.69 Å². The van der Waals surface area contributed by atoms with Gasteiger partial charge in [-0.1, -0.05) is 19.9 Å². The van der Waals surface area contributed by atoms with Crippen LogP contribution < -0.4 is 10.1 Å². The summed E-state index contributed by atoms with van der Waals surface area (Å²) >= 11 is 0. The molecule has 0 spiro atoms. The lowest BCUT2D eigenvalue weighted by atomic mass is 10.2. The molecular weight excluding hydrogens is 242 g/mol. The van der Waals surface area contributed by atoms with E-state index < -0.39 is 6.10 Å². The second kappa shape index (κ2) is 8.02. The van der Waals surface area contributed by atoms with Crippen molar-refractivity contribution in [2.45, 2.75) is 26.9 Å². The molecular formula is C15H25NO3. The quantitative estimate of drug-likeness (QED) is 0.759. The topological polar surface area (TPSA) is 50.7 Å². The van der Waals surface area contributed by atoms with Gasteiger partial charge in [-0.2, -0.15) is 0 Å². The highest BCUT2D eigenvalue weighted by Crippen LogP contribution is 2.24. The number of benzene rings is 1. The van der Waals surface area contributed by atoms with Crippen LogP contribution in [0.15, 0.2) is 18.2 Å². The molecule has 1 unspecified atom stereocenters. The third-order valence-corrected chi connectivity index (χ3v) is 2.64. The molecule has 0 fully saturated rings. The van der Waals surface area contributed by atoms with Crippen LogP contribution in [0.4, 0.5) is 5.69 Å². The van der Waals surface area contributed by atoms with Crippen molar-refractivity contribution < 1.29 is 14.6 Å². The van der Waals surface area contributed by atoms with Crippen LogP contribution in [0, 0.1) is 12.8 Å². The fourth-order valence-corrected chi connectivity index (χ4v) is 1.69. The van der Waals surface area contributed by atoms with Gasteiger partial charge in [0.2, 0.25) is 0 Å². The molecule has 19 heavy (non-hydrogen) atoms. The molecule has 0 aliphatic heterocycles. The second-order valence-electron chi connectivity index (χ2n) is 5.17. The first-order chi connectivity index (χ1) is 9.02. The van der Waals surface area contributed by atoms with E-state index in [0.29, 0.717) is 25.7 Å². The Morgan fingerprint density at radius 3 is 2.63 bits per heavy atom. The van der Waals surface area contributed by atoms with Gasteiger partial charge in [0.05, 0.1) is 25.5 Å². The van der Waals surface area contributed by atoms with Crippen molar-refractivity contribution in [3.05, 3.63) is 23.8 Å². The number of ether oxygens (including phenoxy) is 2. The first-order valence-corrected chi connectivity index (χ1v) is 6.67. The molecule has 0 saturated heterocycles. The van der Waals surface area contributed by atoms with Gasteiger partial charge < -0.3 is 19.9 Å². The first kappa shape index (κ1) is 15.8. The standard InChI is InChI=1S/C15H25NO3/c1-11(2)9-19-10-13(17)8-16-14-7-12(3)5-6-15(14)18-4/h5-7,11,13,16-17H,8-10H2,1-4H3. The van der Waals surface area contributed by atoms with Crippen molar-refractivity contribution in [1.82, 2.24) is 0 Å². The van der Waals surface area contributed by atoms with E-state index in [1.165, 1.54) is 0 Å². The maximum absolute atomic E-state index is 9.83. The van der Waals surface area contributed by atoms with Gasteiger partial charge >= 0.3 is 0 Å². The number of hydrogen-bond donors (Lipinski definition) is 2. The monoisotopic (exact) mass is 267 g/mol. The highest BCUT2D eigenvalue weighted by Gasteiger charge is 2.08. The first-order valence-electron chi connectivity index (χ1n) is 6.67. The summed E-state index contributed by atoms with van der Waals surface area (Å²) in [5.74, 6) is 1.26. The number of anilines is 1. The largest absolute Gasteiger partial charge is 0.495 e. The maximum Gasteiger partial charge on any atom is 0.141 e. The van der Waals surface area contributed by atoms with Crippen molar-refractivity contribution in [3.63, 3.8) is 0 Å². The van der Waals surface area contributed by atoms with Gasteiger partial charge in [-0.05, 0) is 30.5 Å². The average molecular weight is 267 g/mol. The zero-order chi connectivity index (χ0) is 14.3. The van der Waals surface area contributed by atoms with Crippen LogP contribution in [0.1, 0.15) is 19.4 Å². The molecule has 0 bridgehead atoms. The fourth-order valence-electron chi connectivity index (χ4n) is 1.69. The summed E-state index contributed by atoms with van der Waals surface area (Å²) in [6.45, 7) is 7.65. The number of rotatable bonds is 8. The number of hydrogen-bond acceptors (Lipinski definition) is 4. The van der Waals surface area contributed by atoms with Gasteiger partial charge in [0.1, 0.15) is 5.75 Å². The molecule has 1 aromatic carbocycles. The summed E-state index contributed by atoms with van der Waals surface area (Å²) in [5, 5.41) is 13.0. The van der Waals surface area contributed by atoms with E-state index in [2.05, 4.69) is 19.2 Å². The van der Waals surface area contributed by atoms with Gasteiger partial charge in [-0.15, -0.1) is 0 Å². The number of nitrogens with one attached hydrogen (secondary N) is 1. The van der Waals surface area contributed by atoms with Gasteiger partial charge in [0, 0.05) is 13.2 Å². The summed E-state index contributed by atoms with van der Waals surface area (Å²) in [7, 11) is 1.64. The number of aryl methyl sites for hydroxylation is 1. The van der Waals surface area contributed by atoms with E-state index in [9.17, 15) is 5.11 Å². The molecule has 108 valence electrons. The highest BCUT2D eigenvalue weighted by atomic mass is 16.5. The lowest BCUT2D eigenvalue weighted by molar-refractivity contribution is 0.0318. The maximum atomic E-state index is 9.83. The summed E-state index contributed by atoms with van der Waals surface area (Å²) in [6, 6.07) is 5.91. The van der Waals surface area contributed by atoms with Crippen molar-refractivity contribution in [2.75, 3.05) is 32.2 Å². The molecule has 0 amide bonds. The molecule has 1 atom stereocenters. The van der Waals surface area contributed by atoms with E-state index in [-0.39, 0.29) is 0 Å². The lowest BCUT2D eigenvalue weighted by Crippen LogP contribution is -2.25. The predicted octanol–water partition coefficient (Wildman–Crippen LogP) is 2.45. The van der Waals surface area contributed by atoms with Crippen LogP contribution >= 0.6 is 0 Å². The van der Waals surface area contributed by atoms with E-state index in [1.807, 2.05) is 25.1 Å². The number of aliphatic hydroxyl groups excluding tert-OH is 1. The van der Waals surface area contributed by atoms with Crippen LogP contribution in [0.3, 0.4) is 0 Å². The minimum Gasteiger partial charge on any atom is -0.495 e. The van der Waals surface area contributed by atoms with E-state index >= 15 is 0 Å². The normalized spacial score (nSPS) is 12.5. The SMILES string of the molecule is COc1ccc(C)cc1NCC(O)COCC(C)C. The molecule has 4 nitrogen and oxygen atoms in total. The third-order valence-electron chi connectivity index (χ3n) is 2.64. The van der Waals surface area contributed by atoms with E-state index in [4.69, 9.17) is 9.47 Å². The van der Waals surface area contributed by atoms with Crippen LogP contribution in [0.2, 0.25) is 0 Å². The van der Waals surface area contributed by atoms with Crippen molar-refractivity contribution in [2.24, 2.45) is 5.92 Å². The minimum absolute atomic E-state index is 0.347. The Balaban J connectivity index is 2.41. The zero-order valence-corrected chi connectivity index (χ0v) is 12.3. The summed E-state index contributed by atoms with van der Waals surface area (Å²) < 4.78 is 10.7. The van der Waals surface area contributed by atoms with Gasteiger partial charge in [0.25, 0.3) is 0 Å². The Hall–Kier alpha value is -1.26. The smallest absolute Gasteiger partial charge is 0.141 e. The van der Waals surface area contributed by atoms with Crippen LogP contribution in [0.25, 0.3) is 0 Å². The molecule has 0 aliphatic carbocycles. The molecule has 0 saturated carbocycles. The van der Waals surface area contributed by atoms with Crippen molar-refractivity contribution in [1.29, 1.82) is 0 Å². The third kappa shape index (κ3) is 5.94. The molecule has 1 aromatic rings. The molecule has 2 N–H and O–H groups in total. The Morgan fingerprint density at radius 1 is 1.26 bits per heavy atom. The molecule has 1 rings (SSSR count).